The zero-order valence-electron chi connectivity index (χ0n) is 15.9. The van der Waals surface area contributed by atoms with Crippen molar-refractivity contribution >= 4 is 23.4 Å². The number of ether oxygens (including phenoxy) is 1. The molecule has 0 bridgehead atoms. The fourth-order valence-corrected chi connectivity index (χ4v) is 3.30. The maximum Gasteiger partial charge on any atom is 0.339 e. The van der Waals surface area contributed by atoms with Crippen LogP contribution in [-0.4, -0.2) is 46.9 Å². The van der Waals surface area contributed by atoms with E-state index in [0.29, 0.717) is 34.5 Å². The minimum absolute atomic E-state index is 0.0867. The van der Waals surface area contributed by atoms with Gasteiger partial charge >= 0.3 is 5.97 Å². The van der Waals surface area contributed by atoms with Crippen molar-refractivity contribution in [2.24, 2.45) is 5.92 Å². The molecule has 2 heterocycles. The summed E-state index contributed by atoms with van der Waals surface area (Å²) in [5.74, 6) is 0.921. The molecule has 1 unspecified atom stereocenters. The molecule has 0 aliphatic carbocycles. The van der Waals surface area contributed by atoms with Crippen molar-refractivity contribution in [3.05, 3.63) is 47.4 Å². The number of benzene rings is 1. The Hall–Kier alpha value is -2.96. The minimum atomic E-state index is -0.442. The van der Waals surface area contributed by atoms with Crippen LogP contribution in [0, 0.1) is 12.8 Å². The number of rotatable bonds is 4. The van der Waals surface area contributed by atoms with E-state index >= 15 is 0 Å². The molecule has 3 rings (SSSR count). The fourth-order valence-electron chi connectivity index (χ4n) is 3.30. The van der Waals surface area contributed by atoms with Gasteiger partial charge in [-0.2, -0.15) is 0 Å². The SMILES string of the molecule is COC(=O)c1ccccc1Nc1cc(C(=O)N2CCCC(C)C2)nc(C)n1. The van der Waals surface area contributed by atoms with E-state index in [-0.39, 0.29) is 5.91 Å². The van der Waals surface area contributed by atoms with Crippen molar-refractivity contribution in [1.29, 1.82) is 0 Å². The molecule has 142 valence electrons. The monoisotopic (exact) mass is 368 g/mol. The maximum absolute atomic E-state index is 12.9. The first-order chi connectivity index (χ1) is 13.0. The molecule has 1 saturated heterocycles. The maximum atomic E-state index is 12.9. The van der Waals surface area contributed by atoms with Crippen LogP contribution in [0.5, 0.6) is 0 Å². The number of piperidine rings is 1. The van der Waals surface area contributed by atoms with Crippen LogP contribution in [0.3, 0.4) is 0 Å². The number of aryl methyl sites for hydroxylation is 1. The number of anilines is 2. The highest BCUT2D eigenvalue weighted by Crippen LogP contribution is 2.22. The standard InChI is InChI=1S/C20H24N4O3/c1-13-7-6-10-24(12-13)19(25)17-11-18(22-14(2)21-17)23-16-9-5-4-8-15(16)20(26)27-3/h4-5,8-9,11,13H,6-7,10,12H2,1-3H3,(H,21,22,23). The quantitative estimate of drug-likeness (QED) is 0.835. The molecule has 1 aliphatic rings. The van der Waals surface area contributed by atoms with Gasteiger partial charge in [0.05, 0.1) is 18.4 Å². The van der Waals surface area contributed by atoms with E-state index in [1.165, 1.54) is 7.11 Å². The molecule has 1 aromatic heterocycles. The number of likely N-dealkylation sites (tertiary alicyclic amines) is 1. The third-order valence-electron chi connectivity index (χ3n) is 4.60. The highest BCUT2D eigenvalue weighted by molar-refractivity contribution is 5.97. The van der Waals surface area contributed by atoms with E-state index in [1.54, 1.807) is 31.2 Å². The summed E-state index contributed by atoms with van der Waals surface area (Å²) in [5.41, 5.74) is 1.32. The molecule has 0 spiro atoms. The molecule has 7 nitrogen and oxygen atoms in total. The van der Waals surface area contributed by atoms with E-state index < -0.39 is 5.97 Å². The topological polar surface area (TPSA) is 84.4 Å². The lowest BCUT2D eigenvalue weighted by Gasteiger charge is -2.30. The summed E-state index contributed by atoms with van der Waals surface area (Å²) in [7, 11) is 1.34. The minimum Gasteiger partial charge on any atom is -0.465 e. The van der Waals surface area contributed by atoms with Crippen molar-refractivity contribution in [3.8, 4) is 0 Å². The van der Waals surface area contributed by atoms with Crippen molar-refractivity contribution in [2.45, 2.75) is 26.7 Å². The number of carbonyl (C=O) groups excluding carboxylic acids is 2. The van der Waals surface area contributed by atoms with E-state index in [9.17, 15) is 9.59 Å². The van der Waals surface area contributed by atoms with Crippen LogP contribution in [0.4, 0.5) is 11.5 Å². The number of nitrogens with zero attached hydrogens (tertiary/aromatic N) is 3. The fraction of sp³-hybridized carbons (Fsp3) is 0.400. The number of aromatic nitrogens is 2. The summed E-state index contributed by atoms with van der Waals surface area (Å²) in [6.07, 6.45) is 2.15. The van der Waals surface area contributed by atoms with Gasteiger partial charge in [0, 0.05) is 19.2 Å². The van der Waals surface area contributed by atoms with E-state index in [2.05, 4.69) is 22.2 Å². The van der Waals surface area contributed by atoms with Crippen LogP contribution in [0.1, 0.15) is 46.4 Å². The van der Waals surface area contributed by atoms with Gasteiger partial charge in [0.15, 0.2) is 0 Å². The van der Waals surface area contributed by atoms with Gasteiger partial charge in [-0.05, 0) is 37.8 Å². The molecule has 1 N–H and O–H groups in total. The van der Waals surface area contributed by atoms with Gasteiger partial charge < -0.3 is 15.0 Å². The van der Waals surface area contributed by atoms with Crippen molar-refractivity contribution < 1.29 is 14.3 Å². The predicted octanol–water partition coefficient (Wildman–Crippen LogP) is 3.19. The van der Waals surface area contributed by atoms with Crippen LogP contribution in [0.2, 0.25) is 0 Å². The number of methoxy groups -OCH3 is 1. The Kier molecular flexibility index (Phi) is 5.69. The first-order valence-electron chi connectivity index (χ1n) is 9.07. The normalized spacial score (nSPS) is 16.7. The van der Waals surface area contributed by atoms with Gasteiger partial charge in [0.25, 0.3) is 5.91 Å². The average molecular weight is 368 g/mol. The molecule has 27 heavy (non-hydrogen) atoms. The van der Waals surface area contributed by atoms with Crippen molar-refractivity contribution in [2.75, 3.05) is 25.5 Å². The second kappa shape index (κ2) is 8.16. The first-order valence-corrected chi connectivity index (χ1v) is 9.07. The summed E-state index contributed by atoms with van der Waals surface area (Å²) in [4.78, 5) is 35.3. The van der Waals surface area contributed by atoms with Gasteiger partial charge in [-0.3, -0.25) is 4.79 Å². The summed E-state index contributed by atoms with van der Waals surface area (Å²) >= 11 is 0. The summed E-state index contributed by atoms with van der Waals surface area (Å²) < 4.78 is 4.82. The van der Waals surface area contributed by atoms with Gasteiger partial charge in [-0.15, -0.1) is 0 Å². The molecule has 1 atom stereocenters. The van der Waals surface area contributed by atoms with Crippen LogP contribution in [0.15, 0.2) is 30.3 Å². The molecule has 7 heteroatoms. The molecule has 1 aromatic carbocycles. The second-order valence-corrected chi connectivity index (χ2v) is 6.85. The second-order valence-electron chi connectivity index (χ2n) is 6.85. The Labute approximate surface area is 158 Å². The van der Waals surface area contributed by atoms with E-state index in [0.717, 1.165) is 25.9 Å². The smallest absolute Gasteiger partial charge is 0.339 e. The largest absolute Gasteiger partial charge is 0.465 e. The summed E-state index contributed by atoms with van der Waals surface area (Å²) in [5, 5.41) is 3.11. The molecule has 1 fully saturated rings. The molecular weight excluding hydrogens is 344 g/mol. The number of para-hydroxylation sites is 1. The lowest BCUT2D eigenvalue weighted by molar-refractivity contribution is 0.0601. The zero-order chi connectivity index (χ0) is 19.4. The predicted molar refractivity (Wildman–Crippen MR) is 102 cm³/mol. The Balaban J connectivity index is 1.86. The van der Waals surface area contributed by atoms with Gasteiger partial charge in [0.1, 0.15) is 17.3 Å². The lowest BCUT2D eigenvalue weighted by Crippen LogP contribution is -2.39. The molecule has 0 radical (unpaired) electrons. The van der Waals surface area contributed by atoms with Crippen LogP contribution >= 0.6 is 0 Å². The van der Waals surface area contributed by atoms with Crippen molar-refractivity contribution in [3.63, 3.8) is 0 Å². The van der Waals surface area contributed by atoms with Crippen molar-refractivity contribution in [1.82, 2.24) is 14.9 Å². The lowest BCUT2D eigenvalue weighted by atomic mass is 10.00. The Morgan fingerprint density at radius 2 is 2.04 bits per heavy atom. The Morgan fingerprint density at radius 3 is 2.78 bits per heavy atom. The van der Waals surface area contributed by atoms with E-state index in [4.69, 9.17) is 4.74 Å². The number of hydrogen-bond acceptors (Lipinski definition) is 6. The van der Waals surface area contributed by atoms with Gasteiger partial charge in [0.2, 0.25) is 0 Å². The highest BCUT2D eigenvalue weighted by Gasteiger charge is 2.24. The molecule has 1 aliphatic heterocycles. The number of esters is 1. The molecular formula is C20H24N4O3. The van der Waals surface area contributed by atoms with E-state index in [1.807, 2.05) is 11.0 Å². The third kappa shape index (κ3) is 4.42. The van der Waals surface area contributed by atoms with Crippen LogP contribution in [-0.2, 0) is 4.74 Å². The highest BCUT2D eigenvalue weighted by atomic mass is 16.5. The zero-order valence-corrected chi connectivity index (χ0v) is 15.9. The average Bonchev–Trinajstić information content (AvgIpc) is 2.66. The number of amides is 1. The van der Waals surface area contributed by atoms with Gasteiger partial charge in [-0.25, -0.2) is 14.8 Å². The van der Waals surface area contributed by atoms with Gasteiger partial charge in [-0.1, -0.05) is 19.1 Å². The molecule has 1 amide bonds. The summed E-state index contributed by atoms with van der Waals surface area (Å²) in [6.45, 7) is 5.39. The van der Waals surface area contributed by atoms with Crippen LogP contribution in [0.25, 0.3) is 0 Å². The number of nitrogens with one attached hydrogen (secondary N) is 1. The van der Waals surface area contributed by atoms with Crippen LogP contribution < -0.4 is 5.32 Å². The first kappa shape index (κ1) is 18.8. The molecule has 0 saturated carbocycles. The molecule has 2 aromatic rings. The number of carbonyl (C=O) groups is 2. The summed E-state index contributed by atoms with van der Waals surface area (Å²) in [6, 6.07) is 8.63. The number of hydrogen-bond donors (Lipinski definition) is 1. The third-order valence-corrected chi connectivity index (χ3v) is 4.60. The Bertz CT molecular complexity index is 853. The Morgan fingerprint density at radius 1 is 1.26 bits per heavy atom.